The summed E-state index contributed by atoms with van der Waals surface area (Å²) in [5.41, 5.74) is 1.38. The Kier molecular flexibility index (Phi) is 4.34. The first-order chi connectivity index (χ1) is 7.99. The summed E-state index contributed by atoms with van der Waals surface area (Å²) >= 11 is 1.04. The van der Waals surface area contributed by atoms with E-state index in [1.807, 2.05) is 5.32 Å². The summed E-state index contributed by atoms with van der Waals surface area (Å²) in [4.78, 5) is 32.3. The van der Waals surface area contributed by atoms with Crippen molar-refractivity contribution in [3.8, 4) is 0 Å². The van der Waals surface area contributed by atoms with Crippen LogP contribution in [0.15, 0.2) is 5.51 Å². The first kappa shape index (κ1) is 12.8. The van der Waals surface area contributed by atoms with Crippen LogP contribution in [0.2, 0.25) is 0 Å². The fraction of sp³-hybridized carbons (Fsp3) is 0.286. The van der Waals surface area contributed by atoms with Gasteiger partial charge in [0.1, 0.15) is 11.6 Å². The van der Waals surface area contributed by atoms with Crippen LogP contribution in [0.1, 0.15) is 6.42 Å². The molecule has 1 rings (SSSR count). The van der Waals surface area contributed by atoms with Crippen molar-refractivity contribution in [2.75, 3.05) is 5.32 Å². The summed E-state index contributed by atoms with van der Waals surface area (Å²) in [5, 5.41) is 28.5. The van der Waals surface area contributed by atoms with E-state index in [0.29, 0.717) is 0 Å². The van der Waals surface area contributed by atoms with E-state index in [2.05, 4.69) is 15.5 Å². The van der Waals surface area contributed by atoms with Crippen LogP contribution in [-0.4, -0.2) is 44.4 Å². The number of nitrogens with one attached hydrogen (secondary N) is 2. The van der Waals surface area contributed by atoms with Crippen molar-refractivity contribution >= 4 is 34.4 Å². The number of urea groups is 1. The Balaban J connectivity index is 2.52. The summed E-state index contributed by atoms with van der Waals surface area (Å²) < 4.78 is 0. The number of nitrogens with zero attached hydrogens (tertiary/aromatic N) is 2. The molecule has 0 spiro atoms. The first-order valence-corrected chi connectivity index (χ1v) is 5.15. The van der Waals surface area contributed by atoms with Crippen molar-refractivity contribution in [3.63, 3.8) is 0 Å². The van der Waals surface area contributed by atoms with Crippen LogP contribution in [0.3, 0.4) is 0 Å². The average molecular weight is 260 g/mol. The number of hydrogen-bond donors (Lipinski definition) is 4. The molecule has 0 fully saturated rings. The van der Waals surface area contributed by atoms with Crippen molar-refractivity contribution in [1.82, 2.24) is 15.5 Å². The van der Waals surface area contributed by atoms with Gasteiger partial charge >= 0.3 is 18.0 Å². The number of aromatic nitrogens is 2. The molecule has 4 N–H and O–H groups in total. The van der Waals surface area contributed by atoms with Gasteiger partial charge in [-0.15, -0.1) is 10.2 Å². The highest BCUT2D eigenvalue weighted by Gasteiger charge is 2.23. The van der Waals surface area contributed by atoms with Gasteiger partial charge in [0, 0.05) is 0 Å². The number of aliphatic carboxylic acids is 2. The summed E-state index contributed by atoms with van der Waals surface area (Å²) in [6, 6.07) is -2.35. The normalized spacial score (nSPS) is 11.5. The van der Waals surface area contributed by atoms with Gasteiger partial charge in [-0.05, 0) is 0 Å². The zero-order chi connectivity index (χ0) is 12.8. The van der Waals surface area contributed by atoms with Gasteiger partial charge in [-0.1, -0.05) is 11.3 Å². The maximum Gasteiger partial charge on any atom is 0.326 e. The van der Waals surface area contributed by atoms with Crippen LogP contribution in [0.4, 0.5) is 9.93 Å². The molecule has 1 heterocycles. The average Bonchev–Trinajstić information content (AvgIpc) is 2.68. The van der Waals surface area contributed by atoms with E-state index in [4.69, 9.17) is 10.2 Å². The van der Waals surface area contributed by atoms with Crippen LogP contribution in [0.5, 0.6) is 0 Å². The van der Waals surface area contributed by atoms with Gasteiger partial charge in [-0.25, -0.2) is 9.59 Å². The number of carboxylic acids is 2. The molecule has 0 radical (unpaired) electrons. The Morgan fingerprint density at radius 2 is 2.12 bits per heavy atom. The molecule has 1 atom stereocenters. The van der Waals surface area contributed by atoms with Gasteiger partial charge < -0.3 is 15.5 Å². The SMILES string of the molecule is O=C(O)C[C@@H](NC(=O)Nc1nncs1)C(=O)O. The van der Waals surface area contributed by atoms with Gasteiger partial charge in [0.2, 0.25) is 5.13 Å². The van der Waals surface area contributed by atoms with Crippen LogP contribution in [0, 0.1) is 0 Å². The lowest BCUT2D eigenvalue weighted by molar-refractivity contribution is -0.145. The molecule has 2 amide bonds. The van der Waals surface area contributed by atoms with E-state index < -0.39 is 30.4 Å². The molecule has 0 aliphatic heterocycles. The van der Waals surface area contributed by atoms with Crippen molar-refractivity contribution in [1.29, 1.82) is 0 Å². The van der Waals surface area contributed by atoms with Crippen LogP contribution in [-0.2, 0) is 9.59 Å². The quantitative estimate of drug-likeness (QED) is 0.563. The minimum atomic E-state index is -1.50. The van der Waals surface area contributed by atoms with E-state index in [-0.39, 0.29) is 5.13 Å². The largest absolute Gasteiger partial charge is 0.481 e. The second-order valence-corrected chi connectivity index (χ2v) is 3.66. The van der Waals surface area contributed by atoms with E-state index in [9.17, 15) is 14.4 Å². The van der Waals surface area contributed by atoms with Gasteiger partial charge in [0.25, 0.3) is 0 Å². The Bertz CT molecular complexity index is 420. The summed E-state index contributed by atoms with van der Waals surface area (Å²) in [7, 11) is 0. The van der Waals surface area contributed by atoms with Crippen molar-refractivity contribution in [3.05, 3.63) is 5.51 Å². The molecule has 0 unspecified atom stereocenters. The number of carbonyl (C=O) groups excluding carboxylic acids is 1. The Labute approximate surface area is 98.5 Å². The van der Waals surface area contributed by atoms with Gasteiger partial charge in [-0.3, -0.25) is 10.1 Å². The number of hydrogen-bond acceptors (Lipinski definition) is 6. The summed E-state index contributed by atoms with van der Waals surface area (Å²) in [6.07, 6.45) is -0.709. The van der Waals surface area contributed by atoms with Crippen molar-refractivity contribution < 1.29 is 24.6 Å². The topological polar surface area (TPSA) is 142 Å². The number of amides is 2. The smallest absolute Gasteiger partial charge is 0.326 e. The summed E-state index contributed by atoms with van der Waals surface area (Å²) in [6.45, 7) is 0. The number of anilines is 1. The molecule has 0 saturated heterocycles. The lowest BCUT2D eigenvalue weighted by Gasteiger charge is -2.11. The second-order valence-electron chi connectivity index (χ2n) is 2.83. The first-order valence-electron chi connectivity index (χ1n) is 4.27. The predicted octanol–water partition coefficient (Wildman–Crippen LogP) is -0.413. The van der Waals surface area contributed by atoms with Crippen LogP contribution in [0.25, 0.3) is 0 Å². The zero-order valence-corrected chi connectivity index (χ0v) is 9.10. The second kappa shape index (κ2) is 5.75. The number of carbonyl (C=O) groups is 3. The zero-order valence-electron chi connectivity index (χ0n) is 8.28. The Morgan fingerprint density at radius 1 is 1.41 bits per heavy atom. The third-order valence-electron chi connectivity index (χ3n) is 1.56. The van der Waals surface area contributed by atoms with E-state index in [1.54, 1.807) is 0 Å². The van der Waals surface area contributed by atoms with Crippen LogP contribution < -0.4 is 10.6 Å². The monoisotopic (exact) mass is 260 g/mol. The highest BCUT2D eigenvalue weighted by Crippen LogP contribution is 2.07. The van der Waals surface area contributed by atoms with Crippen molar-refractivity contribution in [2.24, 2.45) is 0 Å². The maximum atomic E-state index is 11.3. The number of carboxylic acid groups (broad SMARTS) is 2. The highest BCUT2D eigenvalue weighted by molar-refractivity contribution is 7.13. The molecular weight excluding hydrogens is 252 g/mol. The molecule has 92 valence electrons. The summed E-state index contributed by atoms with van der Waals surface area (Å²) in [5.74, 6) is -2.76. The molecule has 1 aromatic rings. The predicted molar refractivity (Wildman–Crippen MR) is 55.7 cm³/mol. The fourth-order valence-corrected chi connectivity index (χ4v) is 1.33. The third-order valence-corrected chi connectivity index (χ3v) is 2.17. The van der Waals surface area contributed by atoms with E-state index in [1.165, 1.54) is 5.51 Å². The minimum absolute atomic E-state index is 0.182. The molecule has 9 nitrogen and oxygen atoms in total. The third kappa shape index (κ3) is 4.42. The van der Waals surface area contributed by atoms with E-state index >= 15 is 0 Å². The van der Waals surface area contributed by atoms with Gasteiger partial charge in [0.05, 0.1) is 6.42 Å². The Hall–Kier alpha value is -2.23. The van der Waals surface area contributed by atoms with Crippen LogP contribution >= 0.6 is 11.3 Å². The maximum absolute atomic E-state index is 11.3. The van der Waals surface area contributed by atoms with Gasteiger partial charge in [0.15, 0.2) is 0 Å². The molecule has 10 heteroatoms. The molecular formula is C7H8N4O5S. The van der Waals surface area contributed by atoms with Gasteiger partial charge in [-0.2, -0.15) is 0 Å². The molecule has 0 aliphatic carbocycles. The minimum Gasteiger partial charge on any atom is -0.481 e. The number of rotatable bonds is 5. The highest BCUT2D eigenvalue weighted by atomic mass is 32.1. The molecule has 0 aliphatic rings. The molecule has 1 aromatic heterocycles. The lowest BCUT2D eigenvalue weighted by atomic mass is 10.2. The molecule has 0 saturated carbocycles. The standard InChI is InChI=1S/C7H8N4O5S/c12-4(13)1-3(5(14)15)9-6(16)10-7-11-8-2-17-7/h2-3H,1H2,(H,12,13)(H,14,15)(H2,9,10,11,16)/t3-/m1/s1. The lowest BCUT2D eigenvalue weighted by Crippen LogP contribution is -2.44. The van der Waals surface area contributed by atoms with Crippen molar-refractivity contribution in [2.45, 2.75) is 12.5 Å². The van der Waals surface area contributed by atoms with E-state index in [0.717, 1.165) is 11.3 Å². The Morgan fingerprint density at radius 3 is 2.59 bits per heavy atom. The molecule has 0 aromatic carbocycles. The fourth-order valence-electron chi connectivity index (χ4n) is 0.894. The molecule has 0 bridgehead atoms. The molecule has 17 heavy (non-hydrogen) atoms.